The molecule has 0 radical (unpaired) electrons. The summed E-state index contributed by atoms with van der Waals surface area (Å²) in [6.45, 7) is 9.24. The fraction of sp³-hybridized carbons (Fsp3) is 0.562. The lowest BCUT2D eigenvalue weighted by molar-refractivity contribution is -0.0221. The van der Waals surface area contributed by atoms with Crippen LogP contribution < -0.4 is 9.47 Å². The standard InChI is InChI=1S/C16H23NO4/c1-5-19-12-7-6-8-13(9-12)20-14-10-17(11-14)15(18)21-16(2,3)4/h6-9,14H,5,10-11H2,1-4H3. The fourth-order valence-corrected chi connectivity index (χ4v) is 1.98. The lowest BCUT2D eigenvalue weighted by Gasteiger charge is -2.39. The van der Waals surface area contributed by atoms with Gasteiger partial charge in [0.15, 0.2) is 0 Å². The van der Waals surface area contributed by atoms with Gasteiger partial charge < -0.3 is 19.1 Å². The lowest BCUT2D eigenvalue weighted by atomic mass is 10.1. The van der Waals surface area contributed by atoms with Crippen LogP contribution in [0.15, 0.2) is 24.3 Å². The normalized spacial score (nSPS) is 15.3. The van der Waals surface area contributed by atoms with E-state index in [0.29, 0.717) is 19.7 Å². The second-order valence-electron chi connectivity index (χ2n) is 6.03. The highest BCUT2D eigenvalue weighted by Gasteiger charge is 2.35. The maximum Gasteiger partial charge on any atom is 0.410 e. The van der Waals surface area contributed by atoms with Crippen LogP contribution in [0.25, 0.3) is 0 Å². The summed E-state index contributed by atoms with van der Waals surface area (Å²) in [5.41, 5.74) is -0.463. The van der Waals surface area contributed by atoms with Crippen molar-refractivity contribution in [2.24, 2.45) is 0 Å². The Morgan fingerprint density at radius 2 is 1.95 bits per heavy atom. The van der Waals surface area contributed by atoms with Gasteiger partial charge in [-0.05, 0) is 39.8 Å². The van der Waals surface area contributed by atoms with Crippen molar-refractivity contribution in [1.82, 2.24) is 4.90 Å². The molecule has 2 rings (SSSR count). The van der Waals surface area contributed by atoms with Crippen LogP contribution in [0.2, 0.25) is 0 Å². The van der Waals surface area contributed by atoms with E-state index in [1.807, 2.05) is 52.0 Å². The smallest absolute Gasteiger partial charge is 0.410 e. The number of likely N-dealkylation sites (tertiary alicyclic amines) is 1. The van der Waals surface area contributed by atoms with E-state index in [1.54, 1.807) is 4.90 Å². The van der Waals surface area contributed by atoms with E-state index in [4.69, 9.17) is 14.2 Å². The van der Waals surface area contributed by atoms with Gasteiger partial charge in [-0.15, -0.1) is 0 Å². The average Bonchev–Trinajstić information content (AvgIpc) is 2.32. The minimum Gasteiger partial charge on any atom is -0.494 e. The molecule has 0 spiro atoms. The summed E-state index contributed by atoms with van der Waals surface area (Å²) in [6, 6.07) is 7.53. The van der Waals surface area contributed by atoms with Crippen molar-refractivity contribution in [1.29, 1.82) is 0 Å². The Bertz CT molecular complexity index is 489. The van der Waals surface area contributed by atoms with E-state index < -0.39 is 5.60 Å². The second kappa shape index (κ2) is 6.24. The number of amides is 1. The Labute approximate surface area is 125 Å². The summed E-state index contributed by atoms with van der Waals surface area (Å²) in [5.74, 6) is 1.55. The zero-order valence-electron chi connectivity index (χ0n) is 13.1. The van der Waals surface area contributed by atoms with Crippen LogP contribution in [0.4, 0.5) is 4.79 Å². The third-order valence-corrected chi connectivity index (χ3v) is 2.92. The van der Waals surface area contributed by atoms with Crippen molar-refractivity contribution in [3.05, 3.63) is 24.3 Å². The first-order valence-electron chi connectivity index (χ1n) is 7.25. The number of benzene rings is 1. The first-order chi connectivity index (χ1) is 9.87. The molecule has 21 heavy (non-hydrogen) atoms. The van der Waals surface area contributed by atoms with Gasteiger partial charge in [0.25, 0.3) is 0 Å². The van der Waals surface area contributed by atoms with E-state index in [2.05, 4.69) is 0 Å². The molecule has 1 saturated heterocycles. The fourth-order valence-electron chi connectivity index (χ4n) is 1.98. The van der Waals surface area contributed by atoms with Crippen LogP contribution in [0, 0.1) is 0 Å². The van der Waals surface area contributed by atoms with Crippen molar-refractivity contribution in [2.45, 2.75) is 39.4 Å². The summed E-state index contributed by atoms with van der Waals surface area (Å²) in [5, 5.41) is 0. The van der Waals surface area contributed by atoms with Crippen molar-refractivity contribution in [3.63, 3.8) is 0 Å². The lowest BCUT2D eigenvalue weighted by Crippen LogP contribution is -2.57. The summed E-state index contributed by atoms with van der Waals surface area (Å²) in [6.07, 6.45) is -0.278. The van der Waals surface area contributed by atoms with Crippen LogP contribution in [0.3, 0.4) is 0 Å². The molecule has 5 heteroatoms. The molecule has 0 unspecified atom stereocenters. The Morgan fingerprint density at radius 3 is 2.57 bits per heavy atom. The minimum atomic E-state index is -0.463. The van der Waals surface area contributed by atoms with Gasteiger partial charge in [-0.25, -0.2) is 4.79 Å². The molecule has 1 fully saturated rings. The van der Waals surface area contributed by atoms with Gasteiger partial charge in [0.1, 0.15) is 23.2 Å². The van der Waals surface area contributed by atoms with Gasteiger partial charge in [0, 0.05) is 6.07 Å². The van der Waals surface area contributed by atoms with Crippen molar-refractivity contribution in [2.75, 3.05) is 19.7 Å². The molecule has 1 aliphatic rings. The number of hydrogen-bond acceptors (Lipinski definition) is 4. The molecule has 116 valence electrons. The Hall–Kier alpha value is -1.91. The Morgan fingerprint density at radius 1 is 1.29 bits per heavy atom. The molecule has 0 bridgehead atoms. The first-order valence-corrected chi connectivity index (χ1v) is 7.25. The predicted molar refractivity (Wildman–Crippen MR) is 79.8 cm³/mol. The molecule has 0 atom stereocenters. The molecule has 0 N–H and O–H groups in total. The van der Waals surface area contributed by atoms with Crippen LogP contribution in [-0.2, 0) is 4.74 Å². The molecular formula is C16H23NO4. The zero-order valence-corrected chi connectivity index (χ0v) is 13.1. The van der Waals surface area contributed by atoms with Crippen molar-refractivity contribution in [3.8, 4) is 11.5 Å². The van der Waals surface area contributed by atoms with Crippen LogP contribution in [0.5, 0.6) is 11.5 Å². The predicted octanol–water partition coefficient (Wildman–Crippen LogP) is 3.08. The number of carbonyl (C=O) groups is 1. The van der Waals surface area contributed by atoms with E-state index in [9.17, 15) is 4.79 Å². The molecule has 0 aromatic heterocycles. The maximum absolute atomic E-state index is 11.8. The monoisotopic (exact) mass is 293 g/mol. The minimum absolute atomic E-state index is 0.00870. The third kappa shape index (κ3) is 4.55. The molecule has 1 amide bonds. The van der Waals surface area contributed by atoms with E-state index in [1.165, 1.54) is 0 Å². The van der Waals surface area contributed by atoms with Gasteiger partial charge in [-0.3, -0.25) is 0 Å². The quantitative estimate of drug-likeness (QED) is 0.856. The molecule has 5 nitrogen and oxygen atoms in total. The largest absolute Gasteiger partial charge is 0.494 e. The number of carbonyl (C=O) groups excluding carboxylic acids is 1. The van der Waals surface area contributed by atoms with Crippen LogP contribution in [-0.4, -0.2) is 42.4 Å². The Kier molecular flexibility index (Phi) is 4.60. The summed E-state index contributed by atoms with van der Waals surface area (Å²) in [7, 11) is 0. The van der Waals surface area contributed by atoms with Gasteiger partial charge in [-0.2, -0.15) is 0 Å². The zero-order chi connectivity index (χ0) is 15.5. The van der Waals surface area contributed by atoms with Crippen LogP contribution in [0.1, 0.15) is 27.7 Å². The third-order valence-electron chi connectivity index (χ3n) is 2.92. The summed E-state index contributed by atoms with van der Waals surface area (Å²) in [4.78, 5) is 13.4. The number of nitrogens with zero attached hydrogens (tertiary/aromatic N) is 1. The molecular weight excluding hydrogens is 270 g/mol. The Balaban J connectivity index is 1.80. The van der Waals surface area contributed by atoms with Crippen molar-refractivity contribution >= 4 is 6.09 Å². The average molecular weight is 293 g/mol. The highest BCUT2D eigenvalue weighted by atomic mass is 16.6. The second-order valence-corrected chi connectivity index (χ2v) is 6.03. The molecule has 1 aromatic carbocycles. The number of rotatable bonds is 4. The van der Waals surface area contributed by atoms with Gasteiger partial charge in [-0.1, -0.05) is 6.07 Å². The summed E-state index contributed by atoms with van der Waals surface area (Å²) >= 11 is 0. The molecule has 0 saturated carbocycles. The van der Waals surface area contributed by atoms with E-state index in [-0.39, 0.29) is 12.2 Å². The van der Waals surface area contributed by atoms with Gasteiger partial charge >= 0.3 is 6.09 Å². The first kappa shape index (κ1) is 15.5. The van der Waals surface area contributed by atoms with Crippen LogP contribution >= 0.6 is 0 Å². The topological polar surface area (TPSA) is 48.0 Å². The maximum atomic E-state index is 11.8. The number of ether oxygens (including phenoxy) is 3. The van der Waals surface area contributed by atoms with Gasteiger partial charge in [0.2, 0.25) is 0 Å². The SMILES string of the molecule is CCOc1cccc(OC2CN(C(=O)OC(C)(C)C)C2)c1. The van der Waals surface area contributed by atoms with Crippen molar-refractivity contribution < 1.29 is 19.0 Å². The summed E-state index contributed by atoms with van der Waals surface area (Å²) < 4.78 is 16.6. The number of hydrogen-bond donors (Lipinski definition) is 0. The van der Waals surface area contributed by atoms with Gasteiger partial charge in [0.05, 0.1) is 19.7 Å². The van der Waals surface area contributed by atoms with E-state index >= 15 is 0 Å². The van der Waals surface area contributed by atoms with E-state index in [0.717, 1.165) is 11.5 Å². The molecule has 1 aromatic rings. The highest BCUT2D eigenvalue weighted by molar-refractivity contribution is 5.69. The molecule has 1 heterocycles. The highest BCUT2D eigenvalue weighted by Crippen LogP contribution is 2.24. The molecule has 0 aliphatic carbocycles. The molecule has 1 aliphatic heterocycles.